The number of allylic oxidation sites excluding steroid dienone is 4. The van der Waals surface area contributed by atoms with E-state index in [1.54, 1.807) is 13.8 Å². The highest BCUT2D eigenvalue weighted by atomic mass is 16.8. The van der Waals surface area contributed by atoms with E-state index in [4.69, 9.17) is 42.6 Å². The number of hydrogen-bond donors (Lipinski definition) is 11. The highest BCUT2D eigenvalue weighted by Gasteiger charge is 2.76. The molecule has 4 saturated carbocycles. The van der Waals surface area contributed by atoms with Crippen molar-refractivity contribution < 1.29 is 118 Å². The first-order valence-corrected chi connectivity index (χ1v) is 30.9. The molecule has 3 saturated heterocycles. The summed E-state index contributed by atoms with van der Waals surface area (Å²) in [4.78, 5) is 54.2. The maximum atomic E-state index is 13.9. The summed E-state index contributed by atoms with van der Waals surface area (Å²) in [5.41, 5.74) is -3.11. The molecule has 0 radical (unpaired) electrons. The van der Waals surface area contributed by atoms with Crippen molar-refractivity contribution in [3.63, 3.8) is 0 Å². The Bertz CT molecular complexity index is 2600. The third-order valence-electron chi connectivity index (χ3n) is 22.1. The molecular formula is C63H98O24. The quantitative estimate of drug-likeness (QED) is 0.0308. The molecule has 24 nitrogen and oxygen atoms in total. The third-order valence-corrected chi connectivity index (χ3v) is 22.1. The molecule has 87 heavy (non-hydrogen) atoms. The van der Waals surface area contributed by atoms with Crippen LogP contribution in [0.4, 0.5) is 0 Å². The van der Waals surface area contributed by atoms with Crippen molar-refractivity contribution in [1.29, 1.82) is 0 Å². The molecule has 0 bridgehead atoms. The maximum Gasteiger partial charge on any atom is 0.335 e. The van der Waals surface area contributed by atoms with Crippen molar-refractivity contribution >= 4 is 23.9 Å². The van der Waals surface area contributed by atoms with E-state index < -0.39 is 205 Å². The fourth-order valence-corrected chi connectivity index (χ4v) is 17.2. The van der Waals surface area contributed by atoms with Crippen LogP contribution in [-0.2, 0) is 61.8 Å². The summed E-state index contributed by atoms with van der Waals surface area (Å²) in [6, 6.07) is 0. The lowest BCUT2D eigenvalue weighted by molar-refractivity contribution is -0.383. The molecule has 0 aromatic rings. The fourth-order valence-electron chi connectivity index (χ4n) is 17.2. The summed E-state index contributed by atoms with van der Waals surface area (Å²) in [5, 5.41) is 123. The molecule has 11 N–H and O–H groups in total. The van der Waals surface area contributed by atoms with E-state index >= 15 is 0 Å². The summed E-state index contributed by atoms with van der Waals surface area (Å²) >= 11 is 0. The van der Waals surface area contributed by atoms with Gasteiger partial charge in [0, 0.05) is 23.8 Å². The molecule has 8 rings (SSSR count). The Balaban J connectivity index is 1.13. The zero-order valence-electron chi connectivity index (χ0n) is 52.5. The fraction of sp³-hybridized carbons (Fsp3) is 0.841. The molecule has 8 aliphatic rings. The van der Waals surface area contributed by atoms with Gasteiger partial charge >= 0.3 is 23.9 Å². The van der Waals surface area contributed by atoms with Gasteiger partial charge in [-0.3, -0.25) is 9.59 Å². The van der Waals surface area contributed by atoms with Crippen molar-refractivity contribution in [2.24, 2.45) is 56.2 Å². The Hall–Kier alpha value is -3.54. The number of esters is 3. The van der Waals surface area contributed by atoms with E-state index in [0.29, 0.717) is 38.5 Å². The maximum absolute atomic E-state index is 13.9. The number of carboxylic acids is 1. The number of hydrogen-bond acceptors (Lipinski definition) is 23. The van der Waals surface area contributed by atoms with E-state index in [0.717, 1.165) is 30.1 Å². The van der Waals surface area contributed by atoms with Crippen molar-refractivity contribution in [3.8, 4) is 0 Å². The lowest BCUT2D eigenvalue weighted by Crippen LogP contribution is -2.76. The molecule has 7 fully saturated rings. The SMILES string of the molecule is CC(=O)O[C@@H]1[C@@H](O[C@@H]2O[C@H](CO)[C@@H](O)[C@H](O)[C@H]2O)[C@H](O[C@H]2CC[C@]3(C)[C@H]4CC=C5[C@@H]6CC(C)(C)[C@@H](OC(=O)/C=C(/C)CCC=C(C)C)[C@H](OC(=O)C(C)C)[C@]6(CO)[C@H](O)[C@H](O)[C@@]5(C)[C@]4(C)CC[C@H]3C2(C)C)O[C@H](C(=O)O)[C@H]1O[C@@H]1O[C@@H](CO)[C@H](O)[C@H]1O. The second kappa shape index (κ2) is 25.9. The third kappa shape index (κ3) is 12.1. The van der Waals surface area contributed by atoms with Crippen molar-refractivity contribution in [2.45, 2.75) is 258 Å². The molecular weight excluding hydrogens is 1140 g/mol. The van der Waals surface area contributed by atoms with Gasteiger partial charge in [0.1, 0.15) is 54.9 Å². The minimum Gasteiger partial charge on any atom is -0.479 e. The largest absolute Gasteiger partial charge is 0.479 e. The Labute approximate surface area is 509 Å². The average molecular weight is 1240 g/mol. The zero-order chi connectivity index (χ0) is 64.6. The van der Waals surface area contributed by atoms with Crippen LogP contribution in [-0.4, -0.2) is 216 Å². The first-order chi connectivity index (χ1) is 40.5. The second-order valence-corrected chi connectivity index (χ2v) is 28.7. The van der Waals surface area contributed by atoms with Crippen LogP contribution in [0, 0.1) is 56.2 Å². The second-order valence-electron chi connectivity index (χ2n) is 28.7. The number of aliphatic carboxylic acids is 1. The predicted octanol–water partition coefficient (Wildman–Crippen LogP) is 2.25. The van der Waals surface area contributed by atoms with Crippen molar-refractivity contribution in [2.75, 3.05) is 19.8 Å². The summed E-state index contributed by atoms with van der Waals surface area (Å²) in [6.07, 6.45) is -22.4. The molecule has 0 aromatic heterocycles. The van der Waals surface area contributed by atoms with E-state index in [2.05, 4.69) is 26.0 Å². The van der Waals surface area contributed by atoms with Gasteiger partial charge < -0.3 is 98.8 Å². The molecule has 0 amide bonds. The van der Waals surface area contributed by atoms with Crippen molar-refractivity contribution in [3.05, 3.63) is 34.9 Å². The number of aliphatic hydroxyl groups is 10. The number of carbonyl (C=O) groups is 4. The molecule has 26 atom stereocenters. The first kappa shape index (κ1) is 69.4. The number of ether oxygens (including phenoxy) is 9. The Morgan fingerprint density at radius 3 is 1.84 bits per heavy atom. The highest BCUT2D eigenvalue weighted by molar-refractivity contribution is 5.83. The van der Waals surface area contributed by atoms with Crippen molar-refractivity contribution in [1.82, 2.24) is 0 Å². The topological polar surface area (TPSA) is 374 Å². The monoisotopic (exact) mass is 1240 g/mol. The van der Waals surface area contributed by atoms with E-state index in [9.17, 15) is 75.3 Å². The normalized spacial score (nSPS) is 45.7. The molecule has 3 aliphatic heterocycles. The van der Waals surface area contributed by atoms with Gasteiger partial charge in [-0.25, -0.2) is 9.59 Å². The zero-order valence-corrected chi connectivity index (χ0v) is 52.5. The van der Waals surface area contributed by atoms with E-state index in [1.165, 1.54) is 6.08 Å². The summed E-state index contributed by atoms with van der Waals surface area (Å²) in [5.74, 6) is -5.59. The minimum absolute atomic E-state index is 0.166. The van der Waals surface area contributed by atoms with Crippen LogP contribution in [0.1, 0.15) is 141 Å². The van der Waals surface area contributed by atoms with Crippen LogP contribution >= 0.6 is 0 Å². The number of carbonyl (C=O) groups excluding carboxylic acids is 3. The van der Waals surface area contributed by atoms with Gasteiger partial charge in [-0.2, -0.15) is 0 Å². The Kier molecular flexibility index (Phi) is 20.6. The summed E-state index contributed by atoms with van der Waals surface area (Å²) in [6.45, 7) is 22.1. The van der Waals surface area contributed by atoms with Gasteiger partial charge in [-0.1, -0.05) is 91.2 Å². The molecule has 0 aromatic carbocycles. The van der Waals surface area contributed by atoms with Gasteiger partial charge in [0.05, 0.1) is 49.5 Å². The lowest BCUT2D eigenvalue weighted by Gasteiger charge is -2.73. The number of carboxylic acid groups (broad SMARTS) is 1. The van der Waals surface area contributed by atoms with Gasteiger partial charge in [0.15, 0.2) is 43.3 Å². The predicted molar refractivity (Wildman–Crippen MR) is 305 cm³/mol. The van der Waals surface area contributed by atoms with Gasteiger partial charge in [0.2, 0.25) is 0 Å². The van der Waals surface area contributed by atoms with Crippen LogP contribution in [0.3, 0.4) is 0 Å². The number of fused-ring (bicyclic) bond motifs is 7. The molecule has 5 aliphatic carbocycles. The number of aliphatic hydroxyl groups excluding tert-OH is 10. The van der Waals surface area contributed by atoms with E-state index in [1.807, 2.05) is 55.4 Å². The van der Waals surface area contributed by atoms with Gasteiger partial charge in [0.25, 0.3) is 0 Å². The average Bonchev–Trinajstić information content (AvgIpc) is 0.856. The smallest absolute Gasteiger partial charge is 0.335 e. The molecule has 494 valence electrons. The molecule has 0 unspecified atom stereocenters. The highest BCUT2D eigenvalue weighted by Crippen LogP contribution is 2.76. The van der Waals surface area contributed by atoms with Crippen LogP contribution in [0.5, 0.6) is 0 Å². The molecule has 3 heterocycles. The van der Waals surface area contributed by atoms with Crippen LogP contribution in [0.2, 0.25) is 0 Å². The number of rotatable bonds is 18. The Morgan fingerprint density at radius 2 is 1.28 bits per heavy atom. The molecule has 24 heteroatoms. The van der Waals surface area contributed by atoms with Crippen LogP contribution < -0.4 is 0 Å². The standard InChI is InChI=1S/C63H98O24/c1-28(2)15-14-16-30(5)23-39(68)83-51-52(87-54(78)29(3)4)63(27-66)33(24-58(51,7)8)32-17-18-37-60(11)21-20-38(59(9,10)36(60)19-22-61(37,12)62(32,13)49(74)50(63)75)82-57-48(86-56-44(73)42(71)40(69)34(25-64)80-56)46(79-31(6)67)45(47(85-57)53(76)77)84-55-43(72)41(70)35(26-65)81-55/h15,17,23,29,33-38,40-52,55-57,64-66,69-75H,14,16,18-22,24-27H2,1-13H3,(H,76,77)/b30-23-/t33-,34+,35-,36-,37+,38-,40+,41-,42-,43+,44+,45-,46-,47-,48+,49-,50+,51-,52-,55-,56-,57+,60-,61+,62-,63-/m0/s1. The minimum atomic E-state index is -2.09. The van der Waals surface area contributed by atoms with Crippen LogP contribution in [0.15, 0.2) is 34.9 Å². The summed E-state index contributed by atoms with van der Waals surface area (Å²) in [7, 11) is 0. The summed E-state index contributed by atoms with van der Waals surface area (Å²) < 4.78 is 55.3. The van der Waals surface area contributed by atoms with Gasteiger partial charge in [-0.05, 0) is 106 Å². The van der Waals surface area contributed by atoms with Gasteiger partial charge in [-0.15, -0.1) is 0 Å². The van der Waals surface area contributed by atoms with E-state index in [-0.39, 0.29) is 18.3 Å². The first-order valence-electron chi connectivity index (χ1n) is 30.9. The van der Waals surface area contributed by atoms with Crippen LogP contribution in [0.25, 0.3) is 0 Å². The lowest BCUT2D eigenvalue weighted by atomic mass is 9.32. The molecule has 0 spiro atoms. The Morgan fingerprint density at radius 1 is 0.678 bits per heavy atom.